The van der Waals surface area contributed by atoms with Crippen molar-refractivity contribution in [2.75, 3.05) is 4.90 Å². The van der Waals surface area contributed by atoms with Gasteiger partial charge in [0.25, 0.3) is 11.6 Å². The average Bonchev–Trinajstić information content (AvgIpc) is 2.84. The fraction of sp³-hybridized carbons (Fsp3) is 0. The number of thiocarbonyl (C=S) groups is 1. The van der Waals surface area contributed by atoms with Crippen molar-refractivity contribution in [2.24, 2.45) is 0 Å². The van der Waals surface area contributed by atoms with Crippen LogP contribution in [-0.4, -0.2) is 25.4 Å². The highest BCUT2D eigenvalue weighted by atomic mass is 32.2. The molecule has 0 radical (unpaired) electrons. The summed E-state index contributed by atoms with van der Waals surface area (Å²) in [5.74, 6) is -0.529. The number of nitro benzene ring substituents is 1. The van der Waals surface area contributed by atoms with Crippen molar-refractivity contribution in [3.8, 4) is 11.5 Å². The van der Waals surface area contributed by atoms with Gasteiger partial charge in [-0.1, -0.05) is 24.0 Å². The monoisotopic (exact) mass is 374 g/mol. The molecule has 25 heavy (non-hydrogen) atoms. The van der Waals surface area contributed by atoms with Gasteiger partial charge < -0.3 is 10.2 Å². The number of amides is 1. The van der Waals surface area contributed by atoms with Crippen LogP contribution in [0.2, 0.25) is 0 Å². The van der Waals surface area contributed by atoms with Crippen LogP contribution in [0.5, 0.6) is 11.5 Å². The summed E-state index contributed by atoms with van der Waals surface area (Å²) in [7, 11) is 0. The molecule has 3 rings (SSSR count). The Bertz CT molecular complexity index is 925. The molecule has 0 aromatic heterocycles. The molecule has 0 atom stereocenters. The maximum Gasteiger partial charge on any atom is 0.270 e. The third-order valence-corrected chi connectivity index (χ3v) is 4.71. The first-order valence-electron chi connectivity index (χ1n) is 6.91. The molecular weight excluding hydrogens is 364 g/mol. The topological polar surface area (TPSA) is 104 Å². The van der Waals surface area contributed by atoms with Crippen molar-refractivity contribution in [1.82, 2.24) is 0 Å². The fourth-order valence-electron chi connectivity index (χ4n) is 2.20. The fourth-order valence-corrected chi connectivity index (χ4v) is 3.49. The number of nitrogens with zero attached hydrogens (tertiary/aromatic N) is 2. The number of non-ortho nitro benzene ring substituents is 1. The molecule has 126 valence electrons. The molecule has 1 saturated heterocycles. The standard InChI is InChI=1S/C16H10N2O5S2/c19-12-4-1-10(2-5-12)17-15(21)14(25-16(17)24)8-9-7-11(18(22)23)3-6-13(9)20/h1-8,19-20H/b14-8-. The molecule has 0 unspecified atom stereocenters. The predicted molar refractivity (Wildman–Crippen MR) is 98.5 cm³/mol. The second-order valence-corrected chi connectivity index (χ2v) is 6.71. The second-order valence-electron chi connectivity index (χ2n) is 5.03. The highest BCUT2D eigenvalue weighted by molar-refractivity contribution is 8.27. The van der Waals surface area contributed by atoms with Gasteiger partial charge >= 0.3 is 0 Å². The number of rotatable bonds is 3. The molecule has 2 aromatic carbocycles. The van der Waals surface area contributed by atoms with Crippen LogP contribution in [0.3, 0.4) is 0 Å². The molecule has 0 aliphatic carbocycles. The van der Waals surface area contributed by atoms with Crippen LogP contribution in [0.1, 0.15) is 5.56 Å². The molecular formula is C16H10N2O5S2. The number of aromatic hydroxyl groups is 2. The third kappa shape index (κ3) is 3.32. The van der Waals surface area contributed by atoms with Crippen molar-refractivity contribution >= 4 is 51.7 Å². The minimum Gasteiger partial charge on any atom is -0.508 e. The summed E-state index contributed by atoms with van der Waals surface area (Å²) in [5.41, 5.74) is 0.449. The minimum absolute atomic E-state index is 0.0613. The molecule has 7 nitrogen and oxygen atoms in total. The molecule has 0 saturated carbocycles. The molecule has 1 amide bonds. The summed E-state index contributed by atoms with van der Waals surface area (Å²) in [4.78, 5) is 24.4. The number of nitro groups is 1. The first-order valence-corrected chi connectivity index (χ1v) is 8.13. The van der Waals surface area contributed by atoms with Crippen LogP contribution in [0.15, 0.2) is 47.4 Å². The lowest BCUT2D eigenvalue weighted by Gasteiger charge is -2.14. The van der Waals surface area contributed by atoms with E-state index in [1.807, 2.05) is 0 Å². The first-order chi connectivity index (χ1) is 11.9. The molecule has 0 spiro atoms. The largest absolute Gasteiger partial charge is 0.508 e. The predicted octanol–water partition coefficient (Wildman–Crippen LogP) is 3.41. The van der Waals surface area contributed by atoms with Crippen molar-refractivity contribution in [3.63, 3.8) is 0 Å². The van der Waals surface area contributed by atoms with Crippen LogP contribution < -0.4 is 4.90 Å². The molecule has 1 aliphatic heterocycles. The van der Waals surface area contributed by atoms with Crippen LogP contribution >= 0.6 is 24.0 Å². The maximum atomic E-state index is 12.6. The van der Waals surface area contributed by atoms with Gasteiger partial charge in [0.1, 0.15) is 11.5 Å². The van der Waals surface area contributed by atoms with Gasteiger partial charge in [-0.25, -0.2) is 0 Å². The molecule has 2 N–H and O–H groups in total. The Morgan fingerprint density at radius 3 is 2.48 bits per heavy atom. The number of carbonyl (C=O) groups excluding carboxylic acids is 1. The van der Waals surface area contributed by atoms with E-state index >= 15 is 0 Å². The molecule has 2 aromatic rings. The van der Waals surface area contributed by atoms with Crippen molar-refractivity contribution in [3.05, 3.63) is 63.0 Å². The van der Waals surface area contributed by atoms with E-state index in [9.17, 15) is 25.1 Å². The van der Waals surface area contributed by atoms with Crippen LogP contribution in [0, 0.1) is 10.1 Å². The Morgan fingerprint density at radius 1 is 1.16 bits per heavy atom. The van der Waals surface area contributed by atoms with Gasteiger partial charge in [0, 0.05) is 17.7 Å². The summed E-state index contributed by atoms with van der Waals surface area (Å²) < 4.78 is 0.284. The highest BCUT2D eigenvalue weighted by Gasteiger charge is 2.33. The smallest absolute Gasteiger partial charge is 0.270 e. The summed E-state index contributed by atoms with van der Waals surface area (Å²) in [5, 5.41) is 30.1. The van der Waals surface area contributed by atoms with E-state index in [4.69, 9.17) is 12.2 Å². The highest BCUT2D eigenvalue weighted by Crippen LogP contribution is 2.37. The van der Waals surface area contributed by atoms with Crippen molar-refractivity contribution < 1.29 is 19.9 Å². The van der Waals surface area contributed by atoms with Crippen molar-refractivity contribution in [2.45, 2.75) is 0 Å². The number of anilines is 1. The molecule has 1 aliphatic rings. The summed E-state index contributed by atoms with van der Waals surface area (Å²) >= 11 is 6.24. The number of hydrogen-bond donors (Lipinski definition) is 2. The normalized spacial score (nSPS) is 15.8. The summed E-state index contributed by atoms with van der Waals surface area (Å²) in [6, 6.07) is 9.52. The quantitative estimate of drug-likeness (QED) is 0.367. The number of thioether (sulfide) groups is 1. The Labute approximate surface area is 151 Å². The Balaban J connectivity index is 1.97. The molecule has 9 heteroatoms. The first kappa shape index (κ1) is 16.9. The van der Waals surface area contributed by atoms with Gasteiger partial charge in [0.05, 0.1) is 15.5 Å². The number of hydrogen-bond acceptors (Lipinski definition) is 7. The number of phenolic OH excluding ortho intramolecular Hbond substituents is 2. The van der Waals surface area contributed by atoms with Crippen LogP contribution in [-0.2, 0) is 4.79 Å². The van der Waals surface area contributed by atoms with Crippen LogP contribution in [0.4, 0.5) is 11.4 Å². The molecule has 1 fully saturated rings. The zero-order valence-corrected chi connectivity index (χ0v) is 14.1. The summed E-state index contributed by atoms with van der Waals surface area (Å²) in [6.07, 6.45) is 1.36. The number of phenols is 2. The lowest BCUT2D eigenvalue weighted by atomic mass is 10.1. The van der Waals surface area contributed by atoms with Crippen LogP contribution in [0.25, 0.3) is 6.08 Å². The Kier molecular flexibility index (Phi) is 4.43. The zero-order chi connectivity index (χ0) is 18.1. The lowest BCUT2D eigenvalue weighted by Crippen LogP contribution is -2.27. The molecule has 1 heterocycles. The van der Waals surface area contributed by atoms with E-state index in [0.29, 0.717) is 5.69 Å². The third-order valence-electron chi connectivity index (χ3n) is 3.41. The van der Waals surface area contributed by atoms with Gasteiger partial charge in [-0.05, 0) is 36.4 Å². The second kappa shape index (κ2) is 6.54. The average molecular weight is 374 g/mol. The maximum absolute atomic E-state index is 12.6. The van der Waals surface area contributed by atoms with Crippen molar-refractivity contribution in [1.29, 1.82) is 0 Å². The van der Waals surface area contributed by atoms with Gasteiger partial charge in [0.15, 0.2) is 4.32 Å². The van der Waals surface area contributed by atoms with E-state index in [2.05, 4.69) is 0 Å². The number of carbonyl (C=O) groups is 1. The van der Waals surface area contributed by atoms with Gasteiger partial charge in [-0.2, -0.15) is 0 Å². The molecule has 0 bridgehead atoms. The van der Waals surface area contributed by atoms with E-state index in [0.717, 1.165) is 11.8 Å². The SMILES string of the molecule is O=C1/C(=C/c2cc([N+](=O)[O-])ccc2O)SC(=S)N1c1ccc(O)cc1. The number of benzene rings is 2. The lowest BCUT2D eigenvalue weighted by molar-refractivity contribution is -0.384. The minimum atomic E-state index is -0.585. The van der Waals surface area contributed by atoms with E-state index in [1.54, 1.807) is 12.1 Å². The van der Waals surface area contributed by atoms with Gasteiger partial charge in [-0.3, -0.25) is 19.8 Å². The van der Waals surface area contributed by atoms with Gasteiger partial charge in [-0.15, -0.1) is 0 Å². The Morgan fingerprint density at radius 2 is 1.84 bits per heavy atom. The van der Waals surface area contributed by atoms with Gasteiger partial charge in [0.2, 0.25) is 0 Å². The van der Waals surface area contributed by atoms with E-state index in [1.165, 1.54) is 41.3 Å². The summed E-state index contributed by atoms with van der Waals surface area (Å²) in [6.45, 7) is 0. The zero-order valence-electron chi connectivity index (χ0n) is 12.4. The van der Waals surface area contributed by atoms with E-state index in [-0.39, 0.29) is 32.0 Å². The van der Waals surface area contributed by atoms with E-state index < -0.39 is 10.8 Å². The Hall–Kier alpha value is -2.91.